The molecule has 0 fully saturated rings. The number of nitrogens with one attached hydrogen (secondary N) is 1. The second kappa shape index (κ2) is 8.43. The second-order valence-electron chi connectivity index (χ2n) is 6.25. The zero-order valence-corrected chi connectivity index (χ0v) is 17.6. The van der Waals surface area contributed by atoms with Gasteiger partial charge in [-0.15, -0.1) is 0 Å². The van der Waals surface area contributed by atoms with E-state index in [2.05, 4.69) is 10.3 Å². The summed E-state index contributed by atoms with van der Waals surface area (Å²) < 4.78 is 7.58. The van der Waals surface area contributed by atoms with Crippen molar-refractivity contribution in [2.24, 2.45) is 0 Å². The summed E-state index contributed by atoms with van der Waals surface area (Å²) in [6, 6.07) is 13.2. The molecule has 0 spiro atoms. The first-order chi connectivity index (χ1) is 14.4. The molecule has 1 N–H and O–H groups in total. The Bertz CT molecular complexity index is 1350. The maximum Gasteiger partial charge on any atom is 0.325 e. The molecule has 0 radical (unpaired) electrons. The Morgan fingerprint density at radius 3 is 2.70 bits per heavy atom. The highest BCUT2D eigenvalue weighted by Crippen LogP contribution is 2.24. The summed E-state index contributed by atoms with van der Waals surface area (Å²) in [6.45, 7) is -0.523. The van der Waals surface area contributed by atoms with E-state index in [4.69, 9.17) is 27.9 Å². The predicted molar refractivity (Wildman–Crippen MR) is 115 cm³/mol. The van der Waals surface area contributed by atoms with Gasteiger partial charge in [0.05, 0.1) is 26.0 Å². The fraction of sp³-hybridized carbons (Fsp3) is 0.100. The van der Waals surface area contributed by atoms with Crippen molar-refractivity contribution in [2.45, 2.75) is 6.61 Å². The van der Waals surface area contributed by atoms with Crippen LogP contribution in [0.3, 0.4) is 0 Å². The third kappa shape index (κ3) is 4.16. The number of fused-ring (bicyclic) bond motifs is 3. The molecule has 0 saturated heterocycles. The lowest BCUT2D eigenvalue weighted by Gasteiger charge is -2.07. The van der Waals surface area contributed by atoms with E-state index in [0.29, 0.717) is 15.7 Å². The smallest absolute Gasteiger partial charge is 0.325 e. The molecule has 0 aliphatic heterocycles. The maximum atomic E-state index is 12.5. The van der Waals surface area contributed by atoms with E-state index >= 15 is 0 Å². The number of hydrogen-bond acceptors (Lipinski definition) is 6. The summed E-state index contributed by atoms with van der Waals surface area (Å²) in [7, 11) is 0. The first kappa shape index (κ1) is 20.3. The number of para-hydroxylation sites is 1. The van der Waals surface area contributed by atoms with Crippen molar-refractivity contribution >= 4 is 61.6 Å². The molecule has 10 heteroatoms. The van der Waals surface area contributed by atoms with Crippen LogP contribution in [0.1, 0.15) is 16.1 Å². The van der Waals surface area contributed by atoms with Gasteiger partial charge in [-0.2, -0.15) is 0 Å². The van der Waals surface area contributed by atoms with Gasteiger partial charge in [0.25, 0.3) is 11.5 Å². The molecule has 0 saturated carbocycles. The van der Waals surface area contributed by atoms with E-state index in [-0.39, 0.29) is 29.3 Å². The molecule has 0 aliphatic carbocycles. The highest BCUT2D eigenvalue weighted by atomic mass is 35.5. The van der Waals surface area contributed by atoms with Crippen molar-refractivity contribution in [1.29, 1.82) is 0 Å². The molecule has 2 aromatic carbocycles. The lowest BCUT2D eigenvalue weighted by molar-refractivity contribution is -0.143. The van der Waals surface area contributed by atoms with E-state index in [9.17, 15) is 14.4 Å². The molecule has 4 rings (SSSR count). The van der Waals surface area contributed by atoms with Gasteiger partial charge in [-0.1, -0.05) is 46.7 Å². The number of nitrogens with zero attached hydrogens (tertiary/aromatic N) is 2. The summed E-state index contributed by atoms with van der Waals surface area (Å²) in [5, 5.41) is 3.00. The number of aromatic nitrogens is 2. The molecule has 152 valence electrons. The summed E-state index contributed by atoms with van der Waals surface area (Å²) in [5.41, 5.74) is 1.12. The van der Waals surface area contributed by atoms with Gasteiger partial charge in [0, 0.05) is 11.6 Å². The topological polar surface area (TPSA) is 89.8 Å². The molecule has 4 aromatic rings. The number of hydrogen-bond donors (Lipinski definition) is 1. The lowest BCUT2D eigenvalue weighted by Crippen LogP contribution is -2.30. The first-order valence-electron chi connectivity index (χ1n) is 8.71. The molecular weight excluding hydrogens is 449 g/mol. The number of esters is 1. The van der Waals surface area contributed by atoms with Crippen LogP contribution in [0.2, 0.25) is 10.0 Å². The van der Waals surface area contributed by atoms with Crippen molar-refractivity contribution in [1.82, 2.24) is 14.7 Å². The second-order valence-corrected chi connectivity index (χ2v) is 8.07. The molecule has 2 heterocycles. The first-order valence-corrected chi connectivity index (χ1v) is 10.3. The molecule has 30 heavy (non-hydrogen) atoms. The average molecular weight is 462 g/mol. The highest BCUT2D eigenvalue weighted by Gasteiger charge is 2.13. The molecule has 0 bridgehead atoms. The minimum atomic E-state index is -0.665. The fourth-order valence-corrected chi connectivity index (χ4v) is 4.14. The number of ether oxygens (including phenoxy) is 1. The zero-order valence-electron chi connectivity index (χ0n) is 15.2. The van der Waals surface area contributed by atoms with Gasteiger partial charge < -0.3 is 10.1 Å². The predicted octanol–water partition coefficient (Wildman–Crippen LogP) is 3.69. The number of amides is 1. The Labute approximate surface area is 183 Å². The van der Waals surface area contributed by atoms with Crippen molar-refractivity contribution in [3.05, 3.63) is 80.2 Å². The number of halogens is 2. The van der Waals surface area contributed by atoms with Crippen molar-refractivity contribution in [3.63, 3.8) is 0 Å². The van der Waals surface area contributed by atoms with Gasteiger partial charge in [-0.25, -0.2) is 4.98 Å². The fourth-order valence-electron chi connectivity index (χ4n) is 2.79. The largest absolute Gasteiger partial charge is 0.458 e. The summed E-state index contributed by atoms with van der Waals surface area (Å²) in [4.78, 5) is 41.4. The SMILES string of the molecule is O=C(CNC(=O)c1ccc(Cl)c(Cl)c1)OCc1cc(=O)n2c(n1)sc1ccccc12. The van der Waals surface area contributed by atoms with Crippen LogP contribution >= 0.6 is 34.5 Å². The number of thiazole rings is 1. The monoisotopic (exact) mass is 461 g/mol. The van der Waals surface area contributed by atoms with Gasteiger partial charge in [0.1, 0.15) is 13.2 Å². The molecule has 2 aromatic heterocycles. The quantitative estimate of drug-likeness (QED) is 0.457. The average Bonchev–Trinajstić information content (AvgIpc) is 3.11. The van der Waals surface area contributed by atoms with Gasteiger partial charge >= 0.3 is 5.97 Å². The Hall–Kier alpha value is -2.94. The van der Waals surface area contributed by atoms with Crippen LogP contribution in [0.25, 0.3) is 15.2 Å². The van der Waals surface area contributed by atoms with Crippen molar-refractivity contribution < 1.29 is 14.3 Å². The van der Waals surface area contributed by atoms with Crippen LogP contribution in [-0.4, -0.2) is 27.8 Å². The molecule has 0 atom stereocenters. The highest BCUT2D eigenvalue weighted by molar-refractivity contribution is 7.23. The Kier molecular flexibility index (Phi) is 5.72. The van der Waals surface area contributed by atoms with E-state index in [1.54, 1.807) is 0 Å². The number of rotatable bonds is 5. The number of benzene rings is 2. The van der Waals surface area contributed by atoms with Crippen LogP contribution in [-0.2, 0) is 16.1 Å². The van der Waals surface area contributed by atoms with Gasteiger partial charge in [0.2, 0.25) is 0 Å². The van der Waals surface area contributed by atoms with Gasteiger partial charge in [-0.05, 0) is 30.3 Å². The Morgan fingerprint density at radius 2 is 1.90 bits per heavy atom. The molecule has 0 unspecified atom stereocenters. The van der Waals surface area contributed by atoms with E-state index in [1.807, 2.05) is 24.3 Å². The van der Waals surface area contributed by atoms with Crippen molar-refractivity contribution in [2.75, 3.05) is 6.54 Å². The Morgan fingerprint density at radius 1 is 1.10 bits per heavy atom. The summed E-state index contributed by atoms with van der Waals surface area (Å²) >= 11 is 13.1. The lowest BCUT2D eigenvalue weighted by atomic mass is 10.2. The normalized spacial score (nSPS) is 11.0. The number of carbonyl (C=O) groups is 2. The third-order valence-electron chi connectivity index (χ3n) is 4.20. The van der Waals surface area contributed by atoms with Gasteiger partial charge in [0.15, 0.2) is 4.96 Å². The Balaban J connectivity index is 1.39. The van der Waals surface area contributed by atoms with E-state index in [1.165, 1.54) is 40.0 Å². The van der Waals surface area contributed by atoms with E-state index < -0.39 is 11.9 Å². The van der Waals surface area contributed by atoms with Crippen LogP contribution in [0.5, 0.6) is 0 Å². The maximum absolute atomic E-state index is 12.5. The van der Waals surface area contributed by atoms with Crippen LogP contribution in [0, 0.1) is 0 Å². The number of carbonyl (C=O) groups excluding carboxylic acids is 2. The van der Waals surface area contributed by atoms with E-state index in [0.717, 1.165) is 10.2 Å². The molecular formula is C20H13Cl2N3O4S. The van der Waals surface area contributed by atoms with Crippen LogP contribution in [0.15, 0.2) is 53.3 Å². The standard InChI is InChI=1S/C20H13Cl2N3O4S/c21-13-6-5-11(7-14(13)22)19(28)23-9-18(27)29-10-12-8-17(26)25-15-3-1-2-4-16(15)30-20(25)24-12/h1-8H,9-10H2,(H,23,28). The van der Waals surface area contributed by atoms with Gasteiger partial charge in [-0.3, -0.25) is 18.8 Å². The minimum absolute atomic E-state index is 0.179. The third-order valence-corrected chi connectivity index (χ3v) is 5.97. The van der Waals surface area contributed by atoms with Crippen molar-refractivity contribution in [3.8, 4) is 0 Å². The van der Waals surface area contributed by atoms with Crippen LogP contribution in [0.4, 0.5) is 0 Å². The zero-order chi connectivity index (χ0) is 21.3. The molecule has 1 amide bonds. The summed E-state index contributed by atoms with van der Waals surface area (Å²) in [6.07, 6.45) is 0. The summed E-state index contributed by atoms with van der Waals surface area (Å²) in [5.74, 6) is -1.16. The molecule has 7 nitrogen and oxygen atoms in total. The van der Waals surface area contributed by atoms with Crippen LogP contribution < -0.4 is 10.9 Å². The minimum Gasteiger partial charge on any atom is -0.458 e. The molecule has 0 aliphatic rings.